The molecule has 0 radical (unpaired) electrons. The van der Waals surface area contributed by atoms with E-state index in [4.69, 9.17) is 4.42 Å². The number of carbonyl (C=O) groups is 1. The SMILES string of the molecule is CC(=O)N1CCCN(S(=O)(=O)c2ccc3nc(C)oc3c2)CC1. The maximum Gasteiger partial charge on any atom is 0.243 e. The van der Waals surface area contributed by atoms with Gasteiger partial charge in [0.15, 0.2) is 11.5 Å². The van der Waals surface area contributed by atoms with E-state index in [2.05, 4.69) is 4.98 Å². The quantitative estimate of drug-likeness (QED) is 0.826. The Morgan fingerprint density at radius 1 is 1.22 bits per heavy atom. The second-order valence-corrected chi connectivity index (χ2v) is 7.56. The molecule has 3 rings (SSSR count). The highest BCUT2D eigenvalue weighted by Gasteiger charge is 2.28. The first-order chi connectivity index (χ1) is 10.9. The lowest BCUT2D eigenvalue weighted by Crippen LogP contribution is -2.36. The second kappa shape index (κ2) is 5.93. The van der Waals surface area contributed by atoms with E-state index in [1.54, 1.807) is 24.0 Å². The molecule has 1 amide bonds. The summed E-state index contributed by atoms with van der Waals surface area (Å²) >= 11 is 0. The molecule has 0 atom stereocenters. The van der Waals surface area contributed by atoms with Crippen LogP contribution in [0, 0.1) is 6.92 Å². The Labute approximate surface area is 134 Å². The minimum absolute atomic E-state index is 0.0252. The molecule has 0 N–H and O–H groups in total. The van der Waals surface area contributed by atoms with Crippen molar-refractivity contribution in [2.75, 3.05) is 26.2 Å². The molecule has 1 aromatic heterocycles. The standard InChI is InChI=1S/C15H19N3O4S/c1-11-16-14-5-4-13(10-15(14)22-11)23(20,21)18-7-3-6-17(8-9-18)12(2)19/h4-5,10H,3,6-9H2,1-2H3. The van der Waals surface area contributed by atoms with Gasteiger partial charge in [0, 0.05) is 46.1 Å². The van der Waals surface area contributed by atoms with Crippen LogP contribution in [-0.2, 0) is 14.8 Å². The molecule has 1 fully saturated rings. The van der Waals surface area contributed by atoms with Crippen molar-refractivity contribution in [3.05, 3.63) is 24.1 Å². The number of hydrogen-bond donors (Lipinski definition) is 0. The van der Waals surface area contributed by atoms with Gasteiger partial charge in [0.1, 0.15) is 5.52 Å². The Hall–Kier alpha value is -1.93. The molecule has 1 aromatic carbocycles. The van der Waals surface area contributed by atoms with Crippen molar-refractivity contribution in [1.82, 2.24) is 14.2 Å². The van der Waals surface area contributed by atoms with E-state index in [9.17, 15) is 13.2 Å². The molecule has 2 aromatic rings. The number of carbonyl (C=O) groups excluding carboxylic acids is 1. The van der Waals surface area contributed by atoms with Crippen LogP contribution >= 0.6 is 0 Å². The highest BCUT2D eigenvalue weighted by atomic mass is 32.2. The van der Waals surface area contributed by atoms with Crippen LogP contribution < -0.4 is 0 Å². The highest BCUT2D eigenvalue weighted by molar-refractivity contribution is 7.89. The lowest BCUT2D eigenvalue weighted by atomic mass is 10.3. The fourth-order valence-electron chi connectivity index (χ4n) is 2.78. The van der Waals surface area contributed by atoms with Gasteiger partial charge in [0.25, 0.3) is 0 Å². The summed E-state index contributed by atoms with van der Waals surface area (Å²) in [6.45, 7) is 4.93. The normalized spacial score (nSPS) is 17.4. The Morgan fingerprint density at radius 2 is 2.00 bits per heavy atom. The van der Waals surface area contributed by atoms with Crippen LogP contribution in [0.5, 0.6) is 0 Å². The van der Waals surface area contributed by atoms with Crippen molar-refractivity contribution in [3.63, 3.8) is 0 Å². The molecular formula is C15H19N3O4S. The topological polar surface area (TPSA) is 83.7 Å². The molecule has 1 aliphatic rings. The summed E-state index contributed by atoms with van der Waals surface area (Å²) in [6, 6.07) is 4.71. The van der Waals surface area contributed by atoms with E-state index >= 15 is 0 Å². The van der Waals surface area contributed by atoms with Gasteiger partial charge in [-0.2, -0.15) is 4.31 Å². The molecule has 0 saturated carbocycles. The zero-order valence-corrected chi connectivity index (χ0v) is 14.0. The van der Waals surface area contributed by atoms with Crippen LogP contribution in [0.25, 0.3) is 11.1 Å². The van der Waals surface area contributed by atoms with Crippen LogP contribution in [0.4, 0.5) is 0 Å². The third-order valence-electron chi connectivity index (χ3n) is 4.00. The highest BCUT2D eigenvalue weighted by Crippen LogP contribution is 2.23. The van der Waals surface area contributed by atoms with Gasteiger partial charge in [-0.05, 0) is 18.6 Å². The van der Waals surface area contributed by atoms with Crippen LogP contribution in [0.3, 0.4) is 0 Å². The van der Waals surface area contributed by atoms with Crippen molar-refractivity contribution in [2.45, 2.75) is 25.2 Å². The lowest BCUT2D eigenvalue weighted by molar-refractivity contribution is -0.128. The molecule has 1 saturated heterocycles. The maximum atomic E-state index is 12.8. The van der Waals surface area contributed by atoms with Crippen molar-refractivity contribution >= 4 is 27.0 Å². The van der Waals surface area contributed by atoms with Crippen molar-refractivity contribution in [1.29, 1.82) is 0 Å². The maximum absolute atomic E-state index is 12.8. The number of nitrogens with zero attached hydrogens (tertiary/aromatic N) is 3. The van der Waals surface area contributed by atoms with Gasteiger partial charge in [-0.25, -0.2) is 13.4 Å². The van der Waals surface area contributed by atoms with Crippen LogP contribution in [0.2, 0.25) is 0 Å². The molecule has 7 nitrogen and oxygen atoms in total. The fourth-order valence-corrected chi connectivity index (χ4v) is 4.26. The minimum Gasteiger partial charge on any atom is -0.441 e. The fraction of sp³-hybridized carbons (Fsp3) is 0.467. The van der Waals surface area contributed by atoms with Crippen LogP contribution in [0.1, 0.15) is 19.2 Å². The summed E-state index contributed by atoms with van der Waals surface area (Å²) in [6.07, 6.45) is 0.627. The number of aryl methyl sites for hydroxylation is 1. The molecule has 2 heterocycles. The average Bonchev–Trinajstić information content (AvgIpc) is 2.71. The first-order valence-electron chi connectivity index (χ1n) is 7.51. The minimum atomic E-state index is -3.61. The molecule has 0 aliphatic carbocycles. The van der Waals surface area contributed by atoms with Gasteiger partial charge < -0.3 is 9.32 Å². The molecule has 0 spiro atoms. The predicted molar refractivity (Wildman–Crippen MR) is 84.4 cm³/mol. The summed E-state index contributed by atoms with van der Waals surface area (Å²) in [7, 11) is -3.61. The average molecular weight is 337 g/mol. The van der Waals surface area contributed by atoms with Gasteiger partial charge in [-0.1, -0.05) is 0 Å². The lowest BCUT2D eigenvalue weighted by Gasteiger charge is -2.21. The van der Waals surface area contributed by atoms with Gasteiger partial charge in [0.05, 0.1) is 4.90 Å². The second-order valence-electron chi connectivity index (χ2n) is 5.63. The van der Waals surface area contributed by atoms with Gasteiger partial charge >= 0.3 is 0 Å². The van der Waals surface area contributed by atoms with Gasteiger partial charge in [0.2, 0.25) is 15.9 Å². The van der Waals surface area contributed by atoms with Gasteiger partial charge in [-0.3, -0.25) is 4.79 Å². The van der Waals surface area contributed by atoms with E-state index < -0.39 is 10.0 Å². The molecule has 23 heavy (non-hydrogen) atoms. The third-order valence-corrected chi connectivity index (χ3v) is 5.90. The molecule has 8 heteroatoms. The summed E-state index contributed by atoms with van der Waals surface area (Å²) in [4.78, 5) is 17.5. The molecule has 124 valence electrons. The monoisotopic (exact) mass is 337 g/mol. The Morgan fingerprint density at radius 3 is 2.74 bits per heavy atom. The van der Waals surface area contributed by atoms with E-state index in [1.807, 2.05) is 0 Å². The first-order valence-corrected chi connectivity index (χ1v) is 8.95. The Balaban J connectivity index is 1.88. The van der Waals surface area contributed by atoms with E-state index in [0.717, 1.165) is 0 Å². The number of sulfonamides is 1. The number of aromatic nitrogens is 1. The zero-order chi connectivity index (χ0) is 16.6. The molecular weight excluding hydrogens is 318 g/mol. The number of benzene rings is 1. The number of hydrogen-bond acceptors (Lipinski definition) is 5. The zero-order valence-electron chi connectivity index (χ0n) is 13.2. The molecule has 1 aliphatic heterocycles. The Bertz CT molecular complexity index is 844. The summed E-state index contributed by atoms with van der Waals surface area (Å²) in [5, 5.41) is 0. The number of fused-ring (bicyclic) bond motifs is 1. The smallest absolute Gasteiger partial charge is 0.243 e. The summed E-state index contributed by atoms with van der Waals surface area (Å²) in [5.74, 6) is 0.476. The molecule has 0 bridgehead atoms. The number of oxazole rings is 1. The van der Waals surface area contributed by atoms with Crippen LogP contribution in [-0.4, -0.2) is 54.7 Å². The summed E-state index contributed by atoms with van der Waals surface area (Å²) < 4.78 is 32.5. The largest absolute Gasteiger partial charge is 0.441 e. The van der Waals surface area contributed by atoms with E-state index in [0.29, 0.717) is 49.6 Å². The predicted octanol–water partition coefficient (Wildman–Crippen LogP) is 1.38. The third kappa shape index (κ3) is 3.09. The first kappa shape index (κ1) is 15.9. The molecule has 0 unspecified atom stereocenters. The van der Waals surface area contributed by atoms with Crippen molar-refractivity contribution in [3.8, 4) is 0 Å². The van der Waals surface area contributed by atoms with Crippen LogP contribution in [0.15, 0.2) is 27.5 Å². The van der Waals surface area contributed by atoms with Gasteiger partial charge in [-0.15, -0.1) is 0 Å². The van der Waals surface area contributed by atoms with Crippen molar-refractivity contribution < 1.29 is 17.6 Å². The number of amides is 1. The van der Waals surface area contributed by atoms with E-state index in [1.165, 1.54) is 17.3 Å². The Kier molecular flexibility index (Phi) is 4.11. The van der Waals surface area contributed by atoms with Crippen molar-refractivity contribution in [2.24, 2.45) is 0 Å². The van der Waals surface area contributed by atoms with E-state index in [-0.39, 0.29) is 10.8 Å². The summed E-state index contributed by atoms with van der Waals surface area (Å²) in [5.41, 5.74) is 1.10. The number of rotatable bonds is 2.